The van der Waals surface area contributed by atoms with Gasteiger partial charge >= 0.3 is 0 Å². The molecule has 22 heavy (non-hydrogen) atoms. The molecule has 0 aliphatic carbocycles. The number of rotatable bonds is 6. The maximum Gasteiger partial charge on any atom is 0.240 e. The third-order valence-electron chi connectivity index (χ3n) is 3.28. The summed E-state index contributed by atoms with van der Waals surface area (Å²) in [5.41, 5.74) is 1.74. The average molecular weight is 340 g/mol. The van der Waals surface area contributed by atoms with Crippen molar-refractivity contribution >= 4 is 21.6 Å². The van der Waals surface area contributed by atoms with Crippen molar-refractivity contribution < 1.29 is 13.2 Å². The van der Waals surface area contributed by atoms with Gasteiger partial charge < -0.3 is 4.74 Å². The first-order chi connectivity index (χ1) is 10.4. The van der Waals surface area contributed by atoms with E-state index >= 15 is 0 Å². The van der Waals surface area contributed by atoms with Crippen LogP contribution in [0.2, 0.25) is 5.02 Å². The lowest BCUT2D eigenvalue weighted by molar-refractivity contribution is 0.414. The van der Waals surface area contributed by atoms with Crippen LogP contribution in [0, 0.1) is 6.92 Å². The SMILES string of the molecule is COc1cccc(CCNS(=O)(=O)c2ccc(Cl)c(C)c2)c1. The highest BCUT2D eigenvalue weighted by Gasteiger charge is 2.14. The van der Waals surface area contributed by atoms with E-state index in [0.29, 0.717) is 18.0 Å². The molecule has 2 aromatic carbocycles. The molecular formula is C16H18ClNO3S. The highest BCUT2D eigenvalue weighted by molar-refractivity contribution is 7.89. The lowest BCUT2D eigenvalue weighted by atomic mass is 10.1. The van der Waals surface area contributed by atoms with E-state index in [2.05, 4.69) is 4.72 Å². The molecule has 0 heterocycles. The summed E-state index contributed by atoms with van der Waals surface area (Å²) >= 11 is 5.92. The van der Waals surface area contributed by atoms with Crippen molar-refractivity contribution in [2.24, 2.45) is 0 Å². The first-order valence-corrected chi connectivity index (χ1v) is 8.67. The van der Waals surface area contributed by atoms with Crippen LogP contribution in [0.15, 0.2) is 47.4 Å². The summed E-state index contributed by atoms with van der Waals surface area (Å²) in [6, 6.07) is 12.2. The van der Waals surface area contributed by atoms with Crippen LogP contribution in [0.5, 0.6) is 5.75 Å². The van der Waals surface area contributed by atoms with E-state index in [0.717, 1.165) is 16.9 Å². The molecule has 0 radical (unpaired) electrons. The molecule has 0 atom stereocenters. The molecule has 0 saturated heterocycles. The minimum Gasteiger partial charge on any atom is -0.497 e. The van der Waals surface area contributed by atoms with E-state index in [1.807, 2.05) is 24.3 Å². The number of halogens is 1. The van der Waals surface area contributed by atoms with Crippen LogP contribution in [0.1, 0.15) is 11.1 Å². The van der Waals surface area contributed by atoms with E-state index in [4.69, 9.17) is 16.3 Å². The highest BCUT2D eigenvalue weighted by Crippen LogP contribution is 2.19. The molecule has 0 spiro atoms. The van der Waals surface area contributed by atoms with E-state index in [9.17, 15) is 8.42 Å². The Bertz CT molecular complexity index is 760. The zero-order valence-corrected chi connectivity index (χ0v) is 14.0. The average Bonchev–Trinajstić information content (AvgIpc) is 2.50. The van der Waals surface area contributed by atoms with Gasteiger partial charge in [0.05, 0.1) is 12.0 Å². The Morgan fingerprint density at radius 3 is 2.64 bits per heavy atom. The summed E-state index contributed by atoms with van der Waals surface area (Å²) in [7, 11) is -1.92. The Labute approximate surface area is 136 Å². The molecule has 6 heteroatoms. The molecule has 0 unspecified atom stereocenters. The minimum atomic E-state index is -3.53. The minimum absolute atomic E-state index is 0.222. The maximum atomic E-state index is 12.2. The molecule has 118 valence electrons. The normalized spacial score (nSPS) is 11.4. The van der Waals surface area contributed by atoms with Gasteiger partial charge in [0.1, 0.15) is 5.75 Å². The maximum absolute atomic E-state index is 12.2. The van der Waals surface area contributed by atoms with E-state index in [1.165, 1.54) is 6.07 Å². The van der Waals surface area contributed by atoms with E-state index in [-0.39, 0.29) is 4.90 Å². The van der Waals surface area contributed by atoms with Crippen LogP contribution >= 0.6 is 11.6 Å². The van der Waals surface area contributed by atoms with Gasteiger partial charge in [-0.1, -0.05) is 23.7 Å². The van der Waals surface area contributed by atoms with E-state index < -0.39 is 10.0 Å². The van der Waals surface area contributed by atoms with Crippen molar-refractivity contribution in [2.45, 2.75) is 18.2 Å². The van der Waals surface area contributed by atoms with Gasteiger partial charge in [-0.3, -0.25) is 0 Å². The Kier molecular flexibility index (Phi) is 5.45. The summed E-state index contributed by atoms with van der Waals surface area (Å²) < 4.78 is 32.2. The Balaban J connectivity index is 2.01. The molecule has 0 aromatic heterocycles. The van der Waals surface area contributed by atoms with E-state index in [1.54, 1.807) is 26.2 Å². The molecule has 2 aromatic rings. The van der Waals surface area contributed by atoms with Gasteiger partial charge in [0.25, 0.3) is 0 Å². The molecule has 1 N–H and O–H groups in total. The fraction of sp³-hybridized carbons (Fsp3) is 0.250. The number of ether oxygens (including phenoxy) is 1. The van der Waals surface area contributed by atoms with Gasteiger partial charge in [0.15, 0.2) is 0 Å². The highest BCUT2D eigenvalue weighted by atomic mass is 35.5. The number of sulfonamides is 1. The summed E-state index contributed by atoms with van der Waals surface area (Å²) in [6.07, 6.45) is 0.586. The molecular weight excluding hydrogens is 322 g/mol. The predicted molar refractivity (Wildman–Crippen MR) is 88.1 cm³/mol. The summed E-state index contributed by atoms with van der Waals surface area (Å²) in [5, 5.41) is 0.551. The zero-order valence-electron chi connectivity index (χ0n) is 12.5. The van der Waals surface area contributed by atoms with Crippen LogP contribution in [0.4, 0.5) is 0 Å². The number of benzene rings is 2. The number of nitrogens with one attached hydrogen (secondary N) is 1. The molecule has 0 saturated carbocycles. The largest absolute Gasteiger partial charge is 0.497 e. The standard InChI is InChI=1S/C16H18ClNO3S/c1-12-10-15(6-7-16(12)17)22(19,20)18-9-8-13-4-3-5-14(11-13)21-2/h3-7,10-11,18H,8-9H2,1-2H3. The van der Waals surface area contributed by atoms with Crippen LogP contribution in [-0.2, 0) is 16.4 Å². The monoisotopic (exact) mass is 339 g/mol. The Hall–Kier alpha value is -1.56. The summed E-state index contributed by atoms with van der Waals surface area (Å²) in [4.78, 5) is 0.222. The quantitative estimate of drug-likeness (QED) is 0.879. The number of aryl methyl sites for hydroxylation is 1. The number of hydrogen-bond acceptors (Lipinski definition) is 3. The molecule has 0 bridgehead atoms. The summed E-state index contributed by atoms with van der Waals surface area (Å²) in [6.45, 7) is 2.09. The van der Waals surface area contributed by atoms with Crippen molar-refractivity contribution in [3.63, 3.8) is 0 Å². The van der Waals surface area contributed by atoms with Gasteiger partial charge in [0, 0.05) is 11.6 Å². The first kappa shape index (κ1) is 16.8. The topological polar surface area (TPSA) is 55.4 Å². The lowest BCUT2D eigenvalue weighted by Crippen LogP contribution is -2.26. The third kappa shape index (κ3) is 4.22. The lowest BCUT2D eigenvalue weighted by Gasteiger charge is -2.09. The van der Waals surface area contributed by atoms with Gasteiger partial charge in [0.2, 0.25) is 10.0 Å². The fourth-order valence-corrected chi connectivity index (χ4v) is 3.26. The second-order valence-electron chi connectivity index (χ2n) is 4.91. The predicted octanol–water partition coefficient (Wildman–Crippen LogP) is 3.18. The second-order valence-corrected chi connectivity index (χ2v) is 7.08. The number of methoxy groups -OCH3 is 1. The molecule has 0 aliphatic heterocycles. The molecule has 0 aliphatic rings. The van der Waals surface area contributed by atoms with Gasteiger partial charge in [-0.25, -0.2) is 13.1 Å². The van der Waals surface area contributed by atoms with Gasteiger partial charge in [-0.05, 0) is 54.8 Å². The van der Waals surface area contributed by atoms with Crippen molar-refractivity contribution in [1.29, 1.82) is 0 Å². The van der Waals surface area contributed by atoms with Crippen LogP contribution in [0.25, 0.3) is 0 Å². The smallest absolute Gasteiger partial charge is 0.240 e. The molecule has 4 nitrogen and oxygen atoms in total. The summed E-state index contributed by atoms with van der Waals surface area (Å²) in [5.74, 6) is 0.758. The van der Waals surface area contributed by atoms with Crippen molar-refractivity contribution in [3.8, 4) is 5.75 Å². The van der Waals surface area contributed by atoms with Gasteiger partial charge in [-0.2, -0.15) is 0 Å². The molecule has 2 rings (SSSR count). The van der Waals surface area contributed by atoms with Crippen LogP contribution in [0.3, 0.4) is 0 Å². The Morgan fingerprint density at radius 2 is 1.95 bits per heavy atom. The third-order valence-corrected chi connectivity index (χ3v) is 5.16. The zero-order chi connectivity index (χ0) is 16.2. The van der Waals surface area contributed by atoms with Crippen molar-refractivity contribution in [2.75, 3.05) is 13.7 Å². The molecule has 0 amide bonds. The fourth-order valence-electron chi connectivity index (χ4n) is 2.03. The first-order valence-electron chi connectivity index (χ1n) is 6.81. The number of hydrogen-bond donors (Lipinski definition) is 1. The van der Waals surface area contributed by atoms with Crippen LogP contribution in [-0.4, -0.2) is 22.1 Å². The van der Waals surface area contributed by atoms with Crippen molar-refractivity contribution in [1.82, 2.24) is 4.72 Å². The molecule has 0 fully saturated rings. The van der Waals surface area contributed by atoms with Crippen molar-refractivity contribution in [3.05, 3.63) is 58.6 Å². The van der Waals surface area contributed by atoms with Crippen LogP contribution < -0.4 is 9.46 Å². The second kappa shape index (κ2) is 7.13. The Morgan fingerprint density at radius 1 is 1.18 bits per heavy atom. The van der Waals surface area contributed by atoms with Gasteiger partial charge in [-0.15, -0.1) is 0 Å².